The van der Waals surface area contributed by atoms with E-state index in [1.807, 2.05) is 0 Å². The molecular formula is C51H98O5. The van der Waals surface area contributed by atoms with Gasteiger partial charge in [-0.2, -0.15) is 0 Å². The lowest BCUT2D eigenvalue weighted by molar-refractivity contribution is -0.161. The summed E-state index contributed by atoms with van der Waals surface area (Å²) in [4.78, 5) is 24.4. The van der Waals surface area contributed by atoms with Crippen molar-refractivity contribution in [3.05, 3.63) is 12.2 Å². The summed E-state index contributed by atoms with van der Waals surface area (Å²) in [5.41, 5.74) is 0. The summed E-state index contributed by atoms with van der Waals surface area (Å²) >= 11 is 0. The summed E-state index contributed by atoms with van der Waals surface area (Å²) in [6.07, 6.45) is 57.3. The molecule has 0 saturated heterocycles. The number of allylic oxidation sites excluding steroid dienone is 2. The molecule has 5 heteroatoms. The summed E-state index contributed by atoms with van der Waals surface area (Å²) < 4.78 is 10.7. The lowest BCUT2D eigenvalue weighted by Crippen LogP contribution is -2.28. The number of ether oxygens (including phenoxy) is 2. The quantitative estimate of drug-likeness (QED) is 0.0378. The molecule has 0 aromatic carbocycles. The average Bonchev–Trinajstić information content (AvgIpc) is 3.20. The lowest BCUT2D eigenvalue weighted by Gasteiger charge is -2.15. The molecule has 56 heavy (non-hydrogen) atoms. The Morgan fingerprint density at radius 1 is 0.393 bits per heavy atom. The van der Waals surface area contributed by atoms with E-state index < -0.39 is 6.10 Å². The third-order valence-electron chi connectivity index (χ3n) is 11.6. The number of unbranched alkanes of at least 4 members (excludes halogenated alkanes) is 37. The first kappa shape index (κ1) is 54.6. The molecule has 0 aliphatic heterocycles. The van der Waals surface area contributed by atoms with Gasteiger partial charge in [-0.3, -0.25) is 9.59 Å². The van der Waals surface area contributed by atoms with Gasteiger partial charge in [-0.05, 0) is 38.5 Å². The molecule has 1 atom stereocenters. The van der Waals surface area contributed by atoms with E-state index >= 15 is 0 Å². The highest BCUT2D eigenvalue weighted by atomic mass is 16.6. The number of aliphatic hydroxyl groups excluding tert-OH is 1. The zero-order valence-corrected chi connectivity index (χ0v) is 37.9. The van der Waals surface area contributed by atoms with Crippen molar-refractivity contribution in [1.29, 1.82) is 0 Å². The van der Waals surface area contributed by atoms with E-state index in [0.717, 1.165) is 32.1 Å². The van der Waals surface area contributed by atoms with E-state index in [1.165, 1.54) is 225 Å². The first-order valence-corrected chi connectivity index (χ1v) is 25.2. The molecule has 0 bridgehead atoms. The van der Waals surface area contributed by atoms with Gasteiger partial charge in [0.05, 0.1) is 6.61 Å². The number of esters is 2. The molecule has 0 aromatic rings. The molecular weight excluding hydrogens is 693 g/mol. The van der Waals surface area contributed by atoms with E-state index in [-0.39, 0.29) is 25.2 Å². The molecule has 0 spiro atoms. The largest absolute Gasteiger partial charge is 0.462 e. The van der Waals surface area contributed by atoms with E-state index in [4.69, 9.17) is 9.47 Å². The van der Waals surface area contributed by atoms with Gasteiger partial charge < -0.3 is 14.6 Å². The molecule has 0 amide bonds. The van der Waals surface area contributed by atoms with Gasteiger partial charge in [0.2, 0.25) is 0 Å². The predicted molar refractivity (Wildman–Crippen MR) is 242 cm³/mol. The van der Waals surface area contributed by atoms with Crippen LogP contribution in [-0.4, -0.2) is 36.4 Å². The van der Waals surface area contributed by atoms with Crippen LogP contribution in [0.2, 0.25) is 0 Å². The zero-order valence-electron chi connectivity index (χ0n) is 37.9. The fourth-order valence-electron chi connectivity index (χ4n) is 7.73. The van der Waals surface area contributed by atoms with Gasteiger partial charge in [0.25, 0.3) is 0 Å². The van der Waals surface area contributed by atoms with Crippen LogP contribution in [0, 0.1) is 0 Å². The number of rotatable bonds is 47. The molecule has 0 rings (SSSR count). The summed E-state index contributed by atoms with van der Waals surface area (Å²) in [7, 11) is 0. The van der Waals surface area contributed by atoms with Crippen molar-refractivity contribution in [2.75, 3.05) is 13.2 Å². The summed E-state index contributed by atoms with van der Waals surface area (Å²) in [5.74, 6) is -0.572. The lowest BCUT2D eigenvalue weighted by atomic mass is 10.0. The topological polar surface area (TPSA) is 72.8 Å². The van der Waals surface area contributed by atoms with Crippen LogP contribution in [0.5, 0.6) is 0 Å². The van der Waals surface area contributed by atoms with Crippen molar-refractivity contribution in [3.63, 3.8) is 0 Å². The third kappa shape index (κ3) is 45.3. The molecule has 5 nitrogen and oxygen atoms in total. The Bertz CT molecular complexity index is 810. The van der Waals surface area contributed by atoms with Crippen molar-refractivity contribution in [2.24, 2.45) is 0 Å². The SMILES string of the molecule is CCCCCCCCCC/C=C\CCCCCCCCCCCCCCCC(=O)OC(CO)COC(=O)CCCCCCCCCCCCCCCCCCC. The second kappa shape index (κ2) is 48.0. The van der Waals surface area contributed by atoms with E-state index in [2.05, 4.69) is 26.0 Å². The third-order valence-corrected chi connectivity index (χ3v) is 11.6. The van der Waals surface area contributed by atoms with Gasteiger partial charge >= 0.3 is 11.9 Å². The highest BCUT2D eigenvalue weighted by Gasteiger charge is 2.16. The molecule has 0 fully saturated rings. The smallest absolute Gasteiger partial charge is 0.306 e. The van der Waals surface area contributed by atoms with E-state index in [0.29, 0.717) is 12.8 Å². The molecule has 1 unspecified atom stereocenters. The van der Waals surface area contributed by atoms with Gasteiger partial charge in [0, 0.05) is 12.8 Å². The first-order valence-electron chi connectivity index (χ1n) is 25.2. The highest BCUT2D eigenvalue weighted by Crippen LogP contribution is 2.17. The second-order valence-corrected chi connectivity index (χ2v) is 17.3. The number of aliphatic hydroxyl groups is 1. The highest BCUT2D eigenvalue weighted by molar-refractivity contribution is 5.70. The van der Waals surface area contributed by atoms with Crippen LogP contribution in [0.15, 0.2) is 12.2 Å². The first-order chi connectivity index (χ1) is 27.6. The Hall–Kier alpha value is -1.36. The Kier molecular flexibility index (Phi) is 46.8. The van der Waals surface area contributed by atoms with Gasteiger partial charge in [0.1, 0.15) is 6.61 Å². The molecule has 0 saturated carbocycles. The number of hydrogen-bond acceptors (Lipinski definition) is 5. The Labute approximate surface area is 350 Å². The maximum Gasteiger partial charge on any atom is 0.306 e. The predicted octanol–water partition coefficient (Wildman–Crippen LogP) is 16.4. The zero-order chi connectivity index (χ0) is 40.7. The van der Waals surface area contributed by atoms with E-state index in [1.54, 1.807) is 0 Å². The van der Waals surface area contributed by atoms with Crippen LogP contribution in [0.3, 0.4) is 0 Å². The fourth-order valence-corrected chi connectivity index (χ4v) is 7.73. The van der Waals surface area contributed by atoms with Crippen LogP contribution in [0.4, 0.5) is 0 Å². The summed E-state index contributed by atoms with van der Waals surface area (Å²) in [6, 6.07) is 0. The van der Waals surface area contributed by atoms with Crippen molar-refractivity contribution >= 4 is 11.9 Å². The van der Waals surface area contributed by atoms with Crippen LogP contribution < -0.4 is 0 Å². The molecule has 1 N–H and O–H groups in total. The van der Waals surface area contributed by atoms with Crippen LogP contribution in [0.1, 0.15) is 284 Å². The van der Waals surface area contributed by atoms with Crippen LogP contribution >= 0.6 is 0 Å². The minimum Gasteiger partial charge on any atom is -0.462 e. The number of carbonyl (C=O) groups is 2. The van der Waals surface area contributed by atoms with Gasteiger partial charge in [-0.1, -0.05) is 244 Å². The van der Waals surface area contributed by atoms with Gasteiger partial charge in [-0.15, -0.1) is 0 Å². The Balaban J connectivity index is 3.44. The van der Waals surface area contributed by atoms with Crippen molar-refractivity contribution in [3.8, 4) is 0 Å². The summed E-state index contributed by atoms with van der Waals surface area (Å²) in [6.45, 7) is 4.18. The molecule has 0 aromatic heterocycles. The molecule has 0 aliphatic rings. The maximum absolute atomic E-state index is 12.3. The standard InChI is InChI=1S/C51H98O5/c1-3-5-7-9-11-13-15-17-19-21-22-23-24-25-26-27-28-30-32-34-36-38-40-42-44-46-51(54)56-49(47-52)48-55-50(53)45-43-41-39-37-35-33-31-29-20-18-16-14-12-10-8-6-4-2/h21-22,49,52H,3-20,23-48H2,1-2H3/b22-21-. The van der Waals surface area contributed by atoms with Gasteiger partial charge in [0.15, 0.2) is 6.10 Å². The molecule has 0 heterocycles. The van der Waals surface area contributed by atoms with Gasteiger partial charge in [-0.25, -0.2) is 0 Å². The van der Waals surface area contributed by atoms with Crippen LogP contribution in [-0.2, 0) is 19.1 Å². The second-order valence-electron chi connectivity index (χ2n) is 17.3. The Morgan fingerprint density at radius 3 is 0.964 bits per heavy atom. The number of carbonyl (C=O) groups excluding carboxylic acids is 2. The molecule has 0 radical (unpaired) electrons. The monoisotopic (exact) mass is 791 g/mol. The maximum atomic E-state index is 12.3. The summed E-state index contributed by atoms with van der Waals surface area (Å²) in [5, 5.41) is 9.62. The van der Waals surface area contributed by atoms with Crippen molar-refractivity contribution in [2.45, 2.75) is 290 Å². The van der Waals surface area contributed by atoms with E-state index in [9.17, 15) is 14.7 Å². The van der Waals surface area contributed by atoms with Crippen molar-refractivity contribution in [1.82, 2.24) is 0 Å². The number of hydrogen-bond donors (Lipinski definition) is 1. The Morgan fingerprint density at radius 2 is 0.661 bits per heavy atom. The molecule has 0 aliphatic carbocycles. The molecule has 332 valence electrons. The normalized spacial score (nSPS) is 12.1. The minimum absolute atomic E-state index is 0.0584. The average molecular weight is 791 g/mol. The fraction of sp³-hybridized carbons (Fsp3) is 0.922. The van der Waals surface area contributed by atoms with Crippen molar-refractivity contribution < 1.29 is 24.2 Å². The minimum atomic E-state index is -0.765. The van der Waals surface area contributed by atoms with Crippen LogP contribution in [0.25, 0.3) is 0 Å².